The average molecular weight is 595 g/mol. The normalized spacial score (nSPS) is 26.8. The number of nitrogens with zero attached hydrogens (tertiary/aromatic N) is 2. The first-order valence-electron chi connectivity index (χ1n) is 16.2. The van der Waals surface area contributed by atoms with Crippen LogP contribution in [0, 0.1) is 11.8 Å². The first kappa shape index (κ1) is 28.9. The zero-order valence-electron chi connectivity index (χ0n) is 25.9. The van der Waals surface area contributed by atoms with Crippen molar-refractivity contribution in [3.63, 3.8) is 0 Å². The molecule has 0 N–H and O–H groups in total. The number of benzene rings is 2. The first-order chi connectivity index (χ1) is 21.3. The molecule has 7 heteroatoms. The van der Waals surface area contributed by atoms with Crippen LogP contribution in [0.3, 0.4) is 0 Å². The van der Waals surface area contributed by atoms with E-state index in [9.17, 15) is 9.59 Å². The summed E-state index contributed by atoms with van der Waals surface area (Å²) >= 11 is 0. The molecule has 2 aromatic carbocycles. The summed E-state index contributed by atoms with van der Waals surface area (Å²) in [5.74, 6) is 1.99. The third-order valence-electron chi connectivity index (χ3n) is 10.4. The Balaban J connectivity index is 1.26. The first-order valence-corrected chi connectivity index (χ1v) is 16.2. The van der Waals surface area contributed by atoms with Gasteiger partial charge in [-0.25, -0.2) is 0 Å². The van der Waals surface area contributed by atoms with Crippen LogP contribution in [0.2, 0.25) is 0 Å². The molecule has 3 heterocycles. The number of carbonyl (C=O) groups excluding carboxylic acids is 2. The molecular formula is C37H42N2O5. The molecule has 7 rings (SSSR count). The zero-order chi connectivity index (χ0) is 30.4. The highest BCUT2D eigenvalue weighted by Gasteiger charge is 2.66. The second-order valence-corrected chi connectivity index (χ2v) is 13.4. The van der Waals surface area contributed by atoms with E-state index in [-0.39, 0.29) is 29.4 Å². The Labute approximate surface area is 259 Å². The lowest BCUT2D eigenvalue weighted by Gasteiger charge is -2.60. The van der Waals surface area contributed by atoms with Crippen molar-refractivity contribution in [2.45, 2.75) is 76.5 Å². The predicted molar refractivity (Wildman–Crippen MR) is 168 cm³/mol. The summed E-state index contributed by atoms with van der Waals surface area (Å²) < 4.78 is 18.0. The molecule has 0 radical (unpaired) electrons. The van der Waals surface area contributed by atoms with E-state index in [0.29, 0.717) is 30.2 Å². The fraction of sp³-hybridized carbons (Fsp3) is 0.459. The van der Waals surface area contributed by atoms with Crippen LogP contribution < -0.4 is 9.47 Å². The second-order valence-electron chi connectivity index (χ2n) is 13.4. The fourth-order valence-electron chi connectivity index (χ4n) is 8.78. The molecular weight excluding hydrogens is 552 g/mol. The minimum atomic E-state index is -0.304. The van der Waals surface area contributed by atoms with Crippen molar-refractivity contribution in [1.29, 1.82) is 0 Å². The van der Waals surface area contributed by atoms with Crippen molar-refractivity contribution in [2.75, 3.05) is 19.6 Å². The maximum absolute atomic E-state index is 13.9. The van der Waals surface area contributed by atoms with Gasteiger partial charge in [0.05, 0.1) is 18.6 Å². The van der Waals surface area contributed by atoms with Crippen LogP contribution in [0.4, 0.5) is 0 Å². The fourth-order valence-corrected chi connectivity index (χ4v) is 8.78. The van der Waals surface area contributed by atoms with Crippen LogP contribution in [0.5, 0.6) is 11.5 Å². The van der Waals surface area contributed by atoms with Gasteiger partial charge in [0.15, 0.2) is 0 Å². The van der Waals surface area contributed by atoms with Crippen LogP contribution in [-0.4, -0.2) is 59.5 Å². The SMILES string of the molecule is CC(=O)Oc1ccc2c3c1C[C@@H]1[C@@H]4CC[C@H](N(CC(C)C)C(=O)/C=C/c5ccoc5)[C@H](O2)[C@]34CCN1CCc1ccccc1. The van der Waals surface area contributed by atoms with E-state index in [4.69, 9.17) is 13.9 Å². The summed E-state index contributed by atoms with van der Waals surface area (Å²) in [6, 6.07) is 16.7. The molecule has 2 aliphatic carbocycles. The van der Waals surface area contributed by atoms with E-state index in [2.05, 4.69) is 54.0 Å². The lowest BCUT2D eigenvalue weighted by atomic mass is 9.50. The Kier molecular flexibility index (Phi) is 7.61. The van der Waals surface area contributed by atoms with E-state index in [1.54, 1.807) is 18.6 Å². The molecule has 1 amide bonds. The van der Waals surface area contributed by atoms with Crippen molar-refractivity contribution in [3.8, 4) is 11.5 Å². The van der Waals surface area contributed by atoms with Crippen molar-refractivity contribution >= 4 is 18.0 Å². The molecule has 230 valence electrons. The number of piperidine rings is 1. The van der Waals surface area contributed by atoms with Gasteiger partial charge in [0.25, 0.3) is 0 Å². The summed E-state index contributed by atoms with van der Waals surface area (Å²) in [5.41, 5.74) is 4.35. The van der Waals surface area contributed by atoms with Gasteiger partial charge in [0.1, 0.15) is 17.6 Å². The third kappa shape index (κ3) is 4.95. The van der Waals surface area contributed by atoms with Crippen molar-refractivity contribution in [2.24, 2.45) is 11.8 Å². The highest BCUT2D eigenvalue weighted by molar-refractivity contribution is 5.92. The van der Waals surface area contributed by atoms with Crippen LogP contribution in [-0.2, 0) is 27.8 Å². The quantitative estimate of drug-likeness (QED) is 0.171. The number of esters is 1. The van der Waals surface area contributed by atoms with E-state index >= 15 is 0 Å². The largest absolute Gasteiger partial charge is 0.487 e. The molecule has 1 aromatic heterocycles. The number of furan rings is 1. The van der Waals surface area contributed by atoms with E-state index in [0.717, 1.165) is 62.1 Å². The molecule has 1 saturated heterocycles. The van der Waals surface area contributed by atoms with Crippen LogP contribution >= 0.6 is 0 Å². The average Bonchev–Trinajstić information content (AvgIpc) is 3.65. The Bertz CT molecular complexity index is 1550. The van der Waals surface area contributed by atoms with Gasteiger partial charge in [0.2, 0.25) is 5.91 Å². The third-order valence-corrected chi connectivity index (χ3v) is 10.4. The van der Waals surface area contributed by atoms with Gasteiger partial charge in [0, 0.05) is 54.2 Å². The number of hydrogen-bond donors (Lipinski definition) is 0. The van der Waals surface area contributed by atoms with E-state index in [1.165, 1.54) is 18.1 Å². The van der Waals surface area contributed by atoms with Gasteiger partial charge >= 0.3 is 5.97 Å². The molecule has 0 unspecified atom stereocenters. The number of hydrogen-bond acceptors (Lipinski definition) is 6. The number of amides is 1. The van der Waals surface area contributed by atoms with E-state index in [1.807, 2.05) is 24.3 Å². The highest BCUT2D eigenvalue weighted by Crippen LogP contribution is 2.64. The van der Waals surface area contributed by atoms with Gasteiger partial charge < -0.3 is 18.8 Å². The Morgan fingerprint density at radius 3 is 2.73 bits per heavy atom. The molecule has 1 saturated carbocycles. The van der Waals surface area contributed by atoms with Crippen LogP contribution in [0.25, 0.3) is 6.08 Å². The van der Waals surface area contributed by atoms with Gasteiger partial charge in [-0.2, -0.15) is 0 Å². The van der Waals surface area contributed by atoms with Crippen molar-refractivity contribution < 1.29 is 23.5 Å². The maximum atomic E-state index is 13.9. The minimum absolute atomic E-state index is 0.00721. The van der Waals surface area contributed by atoms with Gasteiger partial charge in [-0.3, -0.25) is 14.5 Å². The standard InChI is InChI=1S/C37H42N2O5/c1-24(2)22-39(34(41)14-9-27-16-20-42-23-27)30-11-10-29-31-21-28-32(43-25(3)40)12-13-33-35(28)37(29,36(30)44-33)17-19-38(31)18-15-26-7-5-4-6-8-26/h4-9,12-14,16,20,23-24,29-31,36H,10-11,15,17-19,21-22H2,1-3H3/b14-9+/t29-,30-,31+,36-,37-/m0/s1. The summed E-state index contributed by atoms with van der Waals surface area (Å²) in [5, 5.41) is 0. The molecule has 3 aromatic rings. The maximum Gasteiger partial charge on any atom is 0.308 e. The number of ether oxygens (including phenoxy) is 2. The number of likely N-dealkylation sites (tertiary alicyclic amines) is 1. The predicted octanol–water partition coefficient (Wildman–Crippen LogP) is 6.05. The van der Waals surface area contributed by atoms with Crippen molar-refractivity contribution in [3.05, 3.63) is 89.4 Å². The van der Waals surface area contributed by atoms with Crippen LogP contribution in [0.1, 0.15) is 62.3 Å². The summed E-state index contributed by atoms with van der Waals surface area (Å²) in [6.45, 7) is 8.44. The summed E-state index contributed by atoms with van der Waals surface area (Å²) in [6.07, 6.45) is 11.4. The summed E-state index contributed by atoms with van der Waals surface area (Å²) in [7, 11) is 0. The Morgan fingerprint density at radius 1 is 1.14 bits per heavy atom. The summed E-state index contributed by atoms with van der Waals surface area (Å²) in [4.78, 5) is 30.8. The number of rotatable bonds is 9. The zero-order valence-corrected chi connectivity index (χ0v) is 25.9. The van der Waals surface area contributed by atoms with E-state index < -0.39 is 0 Å². The molecule has 2 fully saturated rings. The van der Waals surface area contributed by atoms with Gasteiger partial charge in [-0.1, -0.05) is 44.2 Å². The molecule has 1 spiro atoms. The molecule has 7 nitrogen and oxygen atoms in total. The van der Waals surface area contributed by atoms with Crippen molar-refractivity contribution in [1.82, 2.24) is 9.80 Å². The lowest BCUT2D eigenvalue weighted by molar-refractivity contribution is -0.138. The Hall–Kier alpha value is -3.84. The molecule has 2 bridgehead atoms. The van der Waals surface area contributed by atoms with Gasteiger partial charge in [-0.15, -0.1) is 0 Å². The molecule has 4 aliphatic rings. The molecule has 44 heavy (non-hydrogen) atoms. The second kappa shape index (κ2) is 11.6. The highest BCUT2D eigenvalue weighted by atomic mass is 16.5. The minimum Gasteiger partial charge on any atom is -0.487 e. The Morgan fingerprint density at radius 2 is 1.98 bits per heavy atom. The smallest absolute Gasteiger partial charge is 0.308 e. The molecule has 5 atom stereocenters. The topological polar surface area (TPSA) is 72.2 Å². The molecule has 2 aliphatic heterocycles. The van der Waals surface area contributed by atoms with Crippen LogP contribution in [0.15, 0.2) is 71.6 Å². The van der Waals surface area contributed by atoms with Gasteiger partial charge in [-0.05, 0) is 80.3 Å². The lowest BCUT2D eigenvalue weighted by Crippen LogP contribution is -2.69. The monoisotopic (exact) mass is 594 g/mol. The number of carbonyl (C=O) groups is 2.